The molecule has 5 unspecified atom stereocenters. The number of allylic oxidation sites excluding steroid dienone is 1. The molecule has 15 heteroatoms. The molecule has 2 aromatic rings. The number of nitrogens with two attached hydrogens (primary N) is 2. The highest BCUT2D eigenvalue weighted by Gasteiger charge is 2.53. The molecule has 1 aromatic carbocycles. The van der Waals surface area contributed by atoms with Crippen LogP contribution in [0.3, 0.4) is 0 Å². The number of fused-ring (bicyclic) bond motifs is 1. The van der Waals surface area contributed by atoms with Crippen molar-refractivity contribution in [2.75, 3.05) is 11.9 Å². The van der Waals surface area contributed by atoms with Gasteiger partial charge in [0.05, 0.1) is 23.6 Å². The lowest BCUT2D eigenvalue weighted by atomic mass is 9.87. The van der Waals surface area contributed by atoms with Crippen LogP contribution in [-0.4, -0.2) is 58.4 Å². The first-order chi connectivity index (χ1) is 17.0. The summed E-state index contributed by atoms with van der Waals surface area (Å²) in [6.07, 6.45) is -4.83. The van der Waals surface area contributed by atoms with Gasteiger partial charge >= 0.3 is 6.18 Å². The second kappa shape index (κ2) is 10.7. The van der Waals surface area contributed by atoms with Gasteiger partial charge in [-0.2, -0.15) is 13.2 Å². The largest absolute Gasteiger partial charge is 0.418 e. The highest BCUT2D eigenvalue weighted by Crippen LogP contribution is 2.39. The van der Waals surface area contributed by atoms with E-state index in [1.165, 1.54) is 40.8 Å². The summed E-state index contributed by atoms with van der Waals surface area (Å²) in [7, 11) is 0. The van der Waals surface area contributed by atoms with E-state index in [2.05, 4.69) is 26.2 Å². The summed E-state index contributed by atoms with van der Waals surface area (Å²) in [5, 5.41) is 24.9. The summed E-state index contributed by atoms with van der Waals surface area (Å²) in [5.74, 6) is 6.25. The maximum absolute atomic E-state index is 13.6. The number of aliphatic hydroxyl groups excluding tert-OH is 1. The van der Waals surface area contributed by atoms with Crippen LogP contribution >= 0.6 is 38.9 Å². The van der Waals surface area contributed by atoms with Crippen LogP contribution < -0.4 is 16.9 Å². The molecule has 0 saturated carbocycles. The number of rotatable bonds is 7. The molecule has 4 rings (SSSR count). The standard InChI is InChI=1S/C21H21BrClF3N6O3S/c22-9-1-2-10(21(24,25)26)13(5-9)30-12(3-4-27)18-17(33)16(19-14(35-18)7-34-19)32(29)6-11(28)20-31-15(23)8-36-20/h1-6,8,14,16-19,27,30,33H,7,28-29H2/b11-6-,12-3-,27-4?. The fourth-order valence-electron chi connectivity index (χ4n) is 3.98. The topological polar surface area (TPSA) is 143 Å². The minimum absolute atomic E-state index is 0.0357. The number of thiazole rings is 1. The molecule has 0 bridgehead atoms. The van der Waals surface area contributed by atoms with E-state index in [0.717, 1.165) is 12.3 Å². The third-order valence-corrected chi connectivity index (χ3v) is 7.34. The molecule has 2 saturated heterocycles. The average Bonchev–Trinajstić information content (AvgIpc) is 3.21. The van der Waals surface area contributed by atoms with Crippen LogP contribution in [0.4, 0.5) is 18.9 Å². The van der Waals surface area contributed by atoms with E-state index >= 15 is 0 Å². The fraction of sp³-hybridized carbons (Fsp3) is 0.333. The van der Waals surface area contributed by atoms with Crippen molar-refractivity contribution in [2.24, 2.45) is 11.6 Å². The smallest absolute Gasteiger partial charge is 0.395 e. The summed E-state index contributed by atoms with van der Waals surface area (Å²) >= 11 is 10.2. The van der Waals surface area contributed by atoms with Gasteiger partial charge in [-0.3, -0.25) is 0 Å². The van der Waals surface area contributed by atoms with Crippen LogP contribution in [-0.2, 0) is 15.7 Å². The summed E-state index contributed by atoms with van der Waals surface area (Å²) < 4.78 is 52.8. The molecule has 7 N–H and O–H groups in total. The Kier molecular flexibility index (Phi) is 7.95. The molecule has 0 amide bonds. The van der Waals surface area contributed by atoms with Gasteiger partial charge in [0.15, 0.2) is 0 Å². The van der Waals surface area contributed by atoms with Crippen molar-refractivity contribution in [3.63, 3.8) is 0 Å². The molecule has 2 fully saturated rings. The second-order valence-corrected chi connectivity index (χ2v) is 10.1. The zero-order chi connectivity index (χ0) is 26.2. The minimum Gasteiger partial charge on any atom is -0.395 e. The number of benzene rings is 1. The quantitative estimate of drug-likeness (QED) is 0.182. The normalized spacial score (nSPS) is 26.7. The van der Waals surface area contributed by atoms with Crippen molar-refractivity contribution >= 4 is 56.5 Å². The number of aliphatic hydroxyl groups is 1. The van der Waals surface area contributed by atoms with Gasteiger partial charge < -0.3 is 36.0 Å². The molecular formula is C21H21BrClF3N6O3S. The number of hydrogen-bond acceptors (Lipinski definition) is 10. The zero-order valence-electron chi connectivity index (χ0n) is 18.2. The Hall–Kier alpha value is -2.20. The van der Waals surface area contributed by atoms with E-state index in [1.807, 2.05) is 0 Å². The highest BCUT2D eigenvalue weighted by molar-refractivity contribution is 9.10. The molecule has 2 aliphatic heterocycles. The van der Waals surface area contributed by atoms with Crippen LogP contribution in [0, 0.1) is 5.41 Å². The van der Waals surface area contributed by atoms with Gasteiger partial charge in [-0.15, -0.1) is 11.3 Å². The lowest BCUT2D eigenvalue weighted by molar-refractivity contribution is -0.279. The molecular weight excluding hydrogens is 589 g/mol. The van der Waals surface area contributed by atoms with Crippen molar-refractivity contribution in [1.82, 2.24) is 9.99 Å². The summed E-state index contributed by atoms with van der Waals surface area (Å²) in [5.41, 5.74) is 5.11. The third kappa shape index (κ3) is 5.54. The van der Waals surface area contributed by atoms with Gasteiger partial charge in [0, 0.05) is 28.0 Å². The first kappa shape index (κ1) is 26.9. The lowest BCUT2D eigenvalue weighted by Gasteiger charge is -2.52. The van der Waals surface area contributed by atoms with E-state index in [-0.39, 0.29) is 28.8 Å². The Bertz CT molecular complexity index is 1200. The number of halogens is 5. The van der Waals surface area contributed by atoms with Crippen molar-refractivity contribution in [1.29, 1.82) is 5.41 Å². The van der Waals surface area contributed by atoms with Gasteiger partial charge in [-0.05, 0) is 24.3 Å². The van der Waals surface area contributed by atoms with Crippen LogP contribution in [0.15, 0.2) is 46.0 Å². The van der Waals surface area contributed by atoms with E-state index in [9.17, 15) is 18.3 Å². The Morgan fingerprint density at radius 1 is 1.42 bits per heavy atom. The first-order valence-electron chi connectivity index (χ1n) is 10.4. The van der Waals surface area contributed by atoms with Crippen LogP contribution in [0.5, 0.6) is 0 Å². The Morgan fingerprint density at radius 2 is 2.17 bits per heavy atom. The molecule has 5 atom stereocenters. The number of nitrogens with one attached hydrogen (secondary N) is 2. The molecule has 3 heterocycles. The number of alkyl halides is 3. The molecule has 9 nitrogen and oxygen atoms in total. The average molecular weight is 610 g/mol. The van der Waals surface area contributed by atoms with Gasteiger partial charge in [0.25, 0.3) is 0 Å². The summed E-state index contributed by atoms with van der Waals surface area (Å²) in [6.45, 7) is 0.196. The summed E-state index contributed by atoms with van der Waals surface area (Å²) in [4.78, 5) is 4.08. The molecule has 0 aliphatic carbocycles. The minimum atomic E-state index is -4.64. The fourth-order valence-corrected chi connectivity index (χ4v) is 5.21. The lowest BCUT2D eigenvalue weighted by Crippen LogP contribution is -2.70. The van der Waals surface area contributed by atoms with E-state index in [4.69, 9.17) is 38.1 Å². The van der Waals surface area contributed by atoms with E-state index in [1.54, 1.807) is 5.38 Å². The van der Waals surface area contributed by atoms with Crippen LogP contribution in [0.2, 0.25) is 5.15 Å². The van der Waals surface area contributed by atoms with Crippen molar-refractivity contribution in [3.8, 4) is 0 Å². The second-order valence-electron chi connectivity index (χ2n) is 7.98. The molecule has 194 valence electrons. The predicted molar refractivity (Wildman–Crippen MR) is 133 cm³/mol. The molecule has 0 spiro atoms. The van der Waals surface area contributed by atoms with Gasteiger partial charge in [0.1, 0.15) is 40.6 Å². The molecule has 0 radical (unpaired) electrons. The van der Waals surface area contributed by atoms with E-state index < -0.39 is 42.2 Å². The number of hydrazine groups is 1. The Balaban J connectivity index is 1.64. The maximum Gasteiger partial charge on any atom is 0.418 e. The molecule has 1 aromatic heterocycles. The number of nitrogens with zero attached hydrogens (tertiary/aromatic N) is 2. The zero-order valence-corrected chi connectivity index (χ0v) is 21.4. The summed E-state index contributed by atoms with van der Waals surface area (Å²) in [6, 6.07) is 2.56. The van der Waals surface area contributed by atoms with Crippen LogP contribution in [0.25, 0.3) is 5.70 Å². The highest BCUT2D eigenvalue weighted by atomic mass is 79.9. The van der Waals surface area contributed by atoms with Gasteiger partial charge in [-0.25, -0.2) is 10.8 Å². The van der Waals surface area contributed by atoms with Crippen molar-refractivity contribution < 1.29 is 27.8 Å². The van der Waals surface area contributed by atoms with Crippen molar-refractivity contribution in [3.05, 3.63) is 61.7 Å². The monoisotopic (exact) mass is 608 g/mol. The Labute approximate surface area is 221 Å². The number of aromatic nitrogens is 1. The van der Waals surface area contributed by atoms with Crippen LogP contribution in [0.1, 0.15) is 10.6 Å². The number of hydrogen-bond donors (Lipinski definition) is 5. The van der Waals surface area contributed by atoms with Gasteiger partial charge in [0.2, 0.25) is 0 Å². The Morgan fingerprint density at radius 3 is 2.75 bits per heavy atom. The third-order valence-electron chi connectivity index (χ3n) is 5.63. The van der Waals surface area contributed by atoms with Gasteiger partial charge in [-0.1, -0.05) is 27.5 Å². The predicted octanol–water partition coefficient (Wildman–Crippen LogP) is 3.55. The first-order valence-corrected chi connectivity index (χ1v) is 12.5. The molecule has 2 aliphatic rings. The van der Waals surface area contributed by atoms with E-state index in [0.29, 0.717) is 9.48 Å². The SMILES string of the molecule is N=C/C=C(\Nc1cc(Br)ccc1C(F)(F)F)C1OC2COC2C(N(N)/C=C(\N)c2nc(Cl)cs2)C1O. The number of anilines is 1. The molecule has 36 heavy (non-hydrogen) atoms. The number of ether oxygens (including phenoxy) is 2. The van der Waals surface area contributed by atoms with Crippen molar-refractivity contribution in [2.45, 2.75) is 36.6 Å². The maximum atomic E-state index is 13.6.